The number of nitrogens with two attached hydrogens (primary N) is 1. The van der Waals surface area contributed by atoms with Gasteiger partial charge in [0.2, 0.25) is 10.0 Å². The van der Waals surface area contributed by atoms with Crippen molar-refractivity contribution in [3.63, 3.8) is 0 Å². The van der Waals surface area contributed by atoms with E-state index in [1.54, 1.807) is 47.1 Å². The van der Waals surface area contributed by atoms with Gasteiger partial charge in [0, 0.05) is 17.3 Å². The van der Waals surface area contributed by atoms with Crippen molar-refractivity contribution in [3.05, 3.63) is 84.3 Å². The van der Waals surface area contributed by atoms with E-state index >= 15 is 0 Å². The van der Waals surface area contributed by atoms with Gasteiger partial charge in [-0.25, -0.2) is 18.2 Å². The van der Waals surface area contributed by atoms with Gasteiger partial charge < -0.3 is 9.73 Å². The Kier molecular flexibility index (Phi) is 5.17. The highest BCUT2D eigenvalue weighted by molar-refractivity contribution is 7.89. The van der Waals surface area contributed by atoms with E-state index in [-0.39, 0.29) is 10.6 Å². The molecule has 0 aliphatic rings. The zero-order chi connectivity index (χ0) is 22.0. The molecule has 31 heavy (non-hydrogen) atoms. The first kappa shape index (κ1) is 20.2. The number of terminal acetylenes is 1. The molecule has 3 N–H and O–H groups in total. The Morgan fingerprint density at radius 3 is 2.39 bits per heavy atom. The molecule has 0 aliphatic carbocycles. The fourth-order valence-electron chi connectivity index (χ4n) is 2.91. The van der Waals surface area contributed by atoms with Crippen LogP contribution in [-0.4, -0.2) is 24.1 Å². The van der Waals surface area contributed by atoms with Crippen molar-refractivity contribution < 1.29 is 17.6 Å². The van der Waals surface area contributed by atoms with E-state index in [1.165, 1.54) is 30.5 Å². The Labute approximate surface area is 178 Å². The number of carbonyl (C=O) groups excluding carboxylic acids is 1. The summed E-state index contributed by atoms with van der Waals surface area (Å²) in [6.45, 7) is 0. The molecule has 2 aromatic carbocycles. The second-order valence-electron chi connectivity index (χ2n) is 6.52. The Hall–Kier alpha value is -4.13. The smallest absolute Gasteiger partial charge is 0.276 e. The summed E-state index contributed by atoms with van der Waals surface area (Å²) in [6.07, 6.45) is 6.94. The van der Waals surface area contributed by atoms with Crippen LogP contribution < -0.4 is 10.5 Å². The standard InChI is InChI=1S/C22H16N4O4S/c1-2-15-5-9-17(10-6-15)26-20(21-4-3-13-30-21)14-19(25-26)22(27)24-16-7-11-18(12-8-16)31(23,28)29/h1,3-14H,(H,24,27)(H2,23,28,29). The first-order valence-corrected chi connectivity index (χ1v) is 10.5. The largest absolute Gasteiger partial charge is 0.463 e. The van der Waals surface area contributed by atoms with Gasteiger partial charge in [-0.05, 0) is 60.7 Å². The fourth-order valence-corrected chi connectivity index (χ4v) is 3.43. The Morgan fingerprint density at radius 1 is 1.10 bits per heavy atom. The number of hydrogen-bond donors (Lipinski definition) is 2. The van der Waals surface area contributed by atoms with Gasteiger partial charge in [0.15, 0.2) is 11.5 Å². The van der Waals surface area contributed by atoms with Crippen LogP contribution in [0.3, 0.4) is 0 Å². The van der Waals surface area contributed by atoms with E-state index < -0.39 is 15.9 Å². The number of furan rings is 1. The molecule has 2 aromatic heterocycles. The lowest BCUT2D eigenvalue weighted by Crippen LogP contribution is -2.14. The molecule has 0 aliphatic heterocycles. The average molecular weight is 432 g/mol. The molecule has 8 nitrogen and oxygen atoms in total. The van der Waals surface area contributed by atoms with Gasteiger partial charge in [-0.15, -0.1) is 6.42 Å². The Morgan fingerprint density at radius 2 is 1.81 bits per heavy atom. The number of sulfonamides is 1. The molecule has 0 saturated carbocycles. The summed E-state index contributed by atoms with van der Waals surface area (Å²) in [5, 5.41) is 12.2. The predicted molar refractivity (Wildman–Crippen MR) is 115 cm³/mol. The third-order valence-corrected chi connectivity index (χ3v) is 5.36. The van der Waals surface area contributed by atoms with Gasteiger partial charge in [-0.3, -0.25) is 4.79 Å². The minimum Gasteiger partial charge on any atom is -0.463 e. The Bertz CT molecular complexity index is 1380. The second kappa shape index (κ2) is 7.95. The van der Waals surface area contributed by atoms with Crippen LogP contribution in [0.2, 0.25) is 0 Å². The number of primary sulfonamides is 1. The minimum atomic E-state index is -3.81. The van der Waals surface area contributed by atoms with E-state index in [2.05, 4.69) is 16.3 Å². The van der Waals surface area contributed by atoms with Crippen LogP contribution >= 0.6 is 0 Å². The summed E-state index contributed by atoms with van der Waals surface area (Å²) in [7, 11) is -3.81. The number of nitrogens with one attached hydrogen (secondary N) is 1. The van der Waals surface area contributed by atoms with Crippen LogP contribution in [0.25, 0.3) is 17.1 Å². The number of aromatic nitrogens is 2. The maximum Gasteiger partial charge on any atom is 0.276 e. The van der Waals surface area contributed by atoms with Crippen LogP contribution in [0.15, 0.2) is 82.3 Å². The fraction of sp³-hybridized carbons (Fsp3) is 0. The summed E-state index contributed by atoms with van der Waals surface area (Å²) in [5.74, 6) is 2.61. The minimum absolute atomic E-state index is 0.0506. The number of amides is 1. The van der Waals surface area contributed by atoms with E-state index in [0.717, 1.165) is 5.56 Å². The number of carbonyl (C=O) groups is 1. The van der Waals surface area contributed by atoms with Crippen LogP contribution in [-0.2, 0) is 10.0 Å². The van der Waals surface area contributed by atoms with Crippen molar-refractivity contribution in [2.75, 3.05) is 5.32 Å². The number of nitrogens with zero attached hydrogens (tertiary/aromatic N) is 2. The SMILES string of the molecule is C#Cc1ccc(-n2nc(C(=O)Nc3ccc(S(N)(=O)=O)cc3)cc2-c2ccco2)cc1. The number of rotatable bonds is 5. The highest BCUT2D eigenvalue weighted by Gasteiger charge is 2.19. The van der Waals surface area contributed by atoms with Gasteiger partial charge in [-0.2, -0.15) is 5.10 Å². The van der Waals surface area contributed by atoms with Gasteiger partial charge >= 0.3 is 0 Å². The monoisotopic (exact) mass is 432 g/mol. The first-order chi connectivity index (χ1) is 14.8. The van der Waals surface area contributed by atoms with E-state index in [9.17, 15) is 13.2 Å². The molecule has 0 spiro atoms. The maximum absolute atomic E-state index is 12.8. The molecule has 0 unspecified atom stereocenters. The molecule has 0 bridgehead atoms. The van der Waals surface area contributed by atoms with Crippen molar-refractivity contribution in [2.45, 2.75) is 4.90 Å². The van der Waals surface area contributed by atoms with Crippen molar-refractivity contribution in [1.82, 2.24) is 9.78 Å². The summed E-state index contributed by atoms with van der Waals surface area (Å²) in [6, 6.07) is 17.7. The molecule has 0 saturated heterocycles. The molecule has 0 atom stereocenters. The second-order valence-corrected chi connectivity index (χ2v) is 8.08. The van der Waals surface area contributed by atoms with Crippen LogP contribution in [0, 0.1) is 12.3 Å². The maximum atomic E-state index is 12.8. The van der Waals surface area contributed by atoms with Crippen LogP contribution in [0.4, 0.5) is 5.69 Å². The molecule has 154 valence electrons. The topological polar surface area (TPSA) is 120 Å². The highest BCUT2D eigenvalue weighted by Crippen LogP contribution is 2.25. The van der Waals surface area contributed by atoms with Crippen LogP contribution in [0.1, 0.15) is 16.1 Å². The highest BCUT2D eigenvalue weighted by atomic mass is 32.2. The molecule has 4 rings (SSSR count). The van der Waals surface area contributed by atoms with Crippen molar-refractivity contribution in [1.29, 1.82) is 0 Å². The number of hydrogen-bond acceptors (Lipinski definition) is 5. The zero-order valence-electron chi connectivity index (χ0n) is 16.0. The molecule has 0 fully saturated rings. The third-order valence-electron chi connectivity index (χ3n) is 4.43. The predicted octanol–water partition coefficient (Wildman–Crippen LogP) is 3.01. The van der Waals surface area contributed by atoms with Crippen molar-refractivity contribution in [3.8, 4) is 29.5 Å². The molecule has 2 heterocycles. The van der Waals surface area contributed by atoms with E-state index in [4.69, 9.17) is 16.0 Å². The molecule has 9 heteroatoms. The van der Waals surface area contributed by atoms with E-state index in [1.807, 2.05) is 0 Å². The van der Waals surface area contributed by atoms with Crippen LogP contribution in [0.5, 0.6) is 0 Å². The number of anilines is 1. The Balaban J connectivity index is 1.67. The van der Waals surface area contributed by atoms with Crippen molar-refractivity contribution >= 4 is 21.6 Å². The lowest BCUT2D eigenvalue weighted by Gasteiger charge is -2.06. The zero-order valence-corrected chi connectivity index (χ0v) is 16.8. The molecular weight excluding hydrogens is 416 g/mol. The van der Waals surface area contributed by atoms with Gasteiger partial charge in [0.1, 0.15) is 5.69 Å². The van der Waals surface area contributed by atoms with E-state index in [0.29, 0.717) is 22.8 Å². The molecule has 1 amide bonds. The number of benzene rings is 2. The molecular formula is C22H16N4O4S. The third kappa shape index (κ3) is 4.25. The van der Waals surface area contributed by atoms with Gasteiger partial charge in [0.25, 0.3) is 5.91 Å². The summed E-state index contributed by atoms with van der Waals surface area (Å²) in [5.41, 5.74) is 2.53. The average Bonchev–Trinajstić information content (AvgIpc) is 3.43. The quantitative estimate of drug-likeness (QED) is 0.470. The van der Waals surface area contributed by atoms with Gasteiger partial charge in [0.05, 0.1) is 16.8 Å². The summed E-state index contributed by atoms with van der Waals surface area (Å²) < 4.78 is 29.8. The lowest BCUT2D eigenvalue weighted by atomic mass is 10.2. The van der Waals surface area contributed by atoms with Crippen molar-refractivity contribution in [2.24, 2.45) is 5.14 Å². The molecule has 4 aromatic rings. The lowest BCUT2D eigenvalue weighted by molar-refractivity contribution is 0.102. The summed E-state index contributed by atoms with van der Waals surface area (Å²) >= 11 is 0. The normalized spacial score (nSPS) is 11.1. The first-order valence-electron chi connectivity index (χ1n) is 9.00. The van der Waals surface area contributed by atoms with Gasteiger partial charge in [-0.1, -0.05) is 5.92 Å². The molecule has 0 radical (unpaired) electrons. The summed E-state index contributed by atoms with van der Waals surface area (Å²) in [4.78, 5) is 12.7.